The summed E-state index contributed by atoms with van der Waals surface area (Å²) in [4.78, 5) is 12.2. The van der Waals surface area contributed by atoms with E-state index in [1.807, 2.05) is 45.0 Å². The maximum Gasteiger partial charge on any atom is 0.334 e. The first-order valence-electron chi connectivity index (χ1n) is 6.38. The first-order valence-corrected chi connectivity index (χ1v) is 6.38. The molecule has 19 heavy (non-hydrogen) atoms. The average Bonchev–Trinajstić information content (AvgIpc) is 2.39. The van der Waals surface area contributed by atoms with Crippen LogP contribution in [0.4, 0.5) is 5.69 Å². The first kappa shape index (κ1) is 15.5. The third-order valence-corrected chi connectivity index (χ3v) is 3.33. The maximum atomic E-state index is 12.2. The van der Waals surface area contributed by atoms with E-state index in [1.54, 1.807) is 7.11 Å². The van der Waals surface area contributed by atoms with Gasteiger partial charge in [-0.1, -0.05) is 31.5 Å². The Bertz CT molecular complexity index is 414. The van der Waals surface area contributed by atoms with Gasteiger partial charge in [0.2, 0.25) is 0 Å². The fourth-order valence-corrected chi connectivity index (χ4v) is 2.00. The van der Waals surface area contributed by atoms with Crippen molar-refractivity contribution in [3.8, 4) is 0 Å². The number of carbonyl (C=O) groups is 1. The van der Waals surface area contributed by atoms with Gasteiger partial charge in [0.15, 0.2) is 5.54 Å². The molecule has 0 saturated carbocycles. The summed E-state index contributed by atoms with van der Waals surface area (Å²) in [6.07, 6.45) is 0. The Morgan fingerprint density at radius 3 is 2.26 bits per heavy atom. The molecule has 1 aromatic rings. The number of anilines is 1. The molecule has 0 radical (unpaired) electrons. The molecular weight excluding hydrogens is 242 g/mol. The molecule has 1 unspecified atom stereocenters. The quantitative estimate of drug-likeness (QED) is 0.803. The third kappa shape index (κ3) is 3.47. The lowest BCUT2D eigenvalue weighted by Crippen LogP contribution is -2.55. The molecule has 0 saturated heterocycles. The maximum absolute atomic E-state index is 12.2. The third-order valence-electron chi connectivity index (χ3n) is 3.33. The molecule has 0 aliphatic carbocycles. The van der Waals surface area contributed by atoms with Gasteiger partial charge < -0.3 is 14.8 Å². The number of methoxy groups -OCH3 is 2. The average molecular weight is 265 g/mol. The number of rotatable bonds is 6. The molecule has 1 rings (SSSR count). The van der Waals surface area contributed by atoms with Gasteiger partial charge in [0.1, 0.15) is 0 Å². The van der Waals surface area contributed by atoms with Gasteiger partial charge in [0.25, 0.3) is 0 Å². The fraction of sp³-hybridized carbons (Fsp3) is 0.533. The van der Waals surface area contributed by atoms with Gasteiger partial charge in [0, 0.05) is 12.8 Å². The van der Waals surface area contributed by atoms with Crippen LogP contribution in [0.15, 0.2) is 24.3 Å². The molecule has 106 valence electrons. The standard InChI is InChI=1S/C15H23NO3/c1-11(2)15(10-18-4,14(17)19-5)16-13-8-6-12(3)7-9-13/h6-9,11,16H,10H2,1-5H3. The van der Waals surface area contributed by atoms with Crippen molar-refractivity contribution in [2.75, 3.05) is 26.1 Å². The zero-order valence-corrected chi connectivity index (χ0v) is 12.3. The van der Waals surface area contributed by atoms with Crippen molar-refractivity contribution in [1.29, 1.82) is 0 Å². The summed E-state index contributed by atoms with van der Waals surface area (Å²) in [6.45, 7) is 6.22. The van der Waals surface area contributed by atoms with E-state index in [9.17, 15) is 4.79 Å². The molecular formula is C15H23NO3. The number of aryl methyl sites for hydroxylation is 1. The molecule has 0 amide bonds. The van der Waals surface area contributed by atoms with E-state index in [1.165, 1.54) is 12.7 Å². The van der Waals surface area contributed by atoms with E-state index in [-0.39, 0.29) is 18.5 Å². The highest BCUT2D eigenvalue weighted by molar-refractivity contribution is 5.85. The fourth-order valence-electron chi connectivity index (χ4n) is 2.00. The number of carbonyl (C=O) groups excluding carboxylic acids is 1. The number of hydrogen-bond donors (Lipinski definition) is 1. The molecule has 0 aliphatic rings. The number of hydrogen-bond acceptors (Lipinski definition) is 4. The molecule has 0 spiro atoms. The van der Waals surface area contributed by atoms with E-state index in [0.717, 1.165) is 5.69 Å². The van der Waals surface area contributed by atoms with Crippen molar-refractivity contribution < 1.29 is 14.3 Å². The first-order chi connectivity index (χ1) is 8.96. The second-order valence-corrected chi connectivity index (χ2v) is 5.04. The van der Waals surface area contributed by atoms with Crippen LogP contribution >= 0.6 is 0 Å². The summed E-state index contributed by atoms with van der Waals surface area (Å²) >= 11 is 0. The SMILES string of the molecule is COCC(Nc1ccc(C)cc1)(C(=O)OC)C(C)C. The lowest BCUT2D eigenvalue weighted by atomic mass is 9.86. The van der Waals surface area contributed by atoms with Gasteiger partial charge in [0.05, 0.1) is 13.7 Å². The Hall–Kier alpha value is -1.55. The topological polar surface area (TPSA) is 47.6 Å². The van der Waals surface area contributed by atoms with Crippen LogP contribution in [-0.2, 0) is 14.3 Å². The Morgan fingerprint density at radius 1 is 1.26 bits per heavy atom. The normalized spacial score (nSPS) is 14.0. The molecule has 0 heterocycles. The van der Waals surface area contributed by atoms with Crippen LogP contribution in [-0.4, -0.2) is 32.3 Å². The zero-order valence-electron chi connectivity index (χ0n) is 12.3. The second-order valence-electron chi connectivity index (χ2n) is 5.04. The van der Waals surface area contributed by atoms with E-state index >= 15 is 0 Å². The summed E-state index contributed by atoms with van der Waals surface area (Å²) in [6, 6.07) is 7.89. The van der Waals surface area contributed by atoms with Crippen LogP contribution in [0.25, 0.3) is 0 Å². The Labute approximate surface area is 115 Å². The van der Waals surface area contributed by atoms with Crippen molar-refractivity contribution in [3.63, 3.8) is 0 Å². The monoisotopic (exact) mass is 265 g/mol. The highest BCUT2D eigenvalue weighted by Gasteiger charge is 2.43. The van der Waals surface area contributed by atoms with Crippen LogP contribution in [0.3, 0.4) is 0 Å². The van der Waals surface area contributed by atoms with Crippen LogP contribution in [0.5, 0.6) is 0 Å². The predicted molar refractivity (Wildman–Crippen MR) is 76.3 cm³/mol. The van der Waals surface area contributed by atoms with Crippen LogP contribution in [0.2, 0.25) is 0 Å². The van der Waals surface area contributed by atoms with Crippen LogP contribution < -0.4 is 5.32 Å². The van der Waals surface area contributed by atoms with Crippen LogP contribution in [0, 0.1) is 12.8 Å². The van der Waals surface area contributed by atoms with E-state index < -0.39 is 5.54 Å². The molecule has 1 N–H and O–H groups in total. The second kappa shape index (κ2) is 6.57. The lowest BCUT2D eigenvalue weighted by Gasteiger charge is -2.35. The van der Waals surface area contributed by atoms with E-state index in [4.69, 9.17) is 9.47 Å². The Morgan fingerprint density at radius 2 is 1.84 bits per heavy atom. The molecule has 0 aliphatic heterocycles. The Balaban J connectivity index is 3.08. The number of esters is 1. The minimum Gasteiger partial charge on any atom is -0.467 e. The molecule has 0 fully saturated rings. The number of nitrogens with one attached hydrogen (secondary N) is 1. The highest BCUT2D eigenvalue weighted by Crippen LogP contribution is 2.25. The lowest BCUT2D eigenvalue weighted by molar-refractivity contribution is -0.150. The minimum absolute atomic E-state index is 0.0289. The molecule has 4 nitrogen and oxygen atoms in total. The smallest absolute Gasteiger partial charge is 0.334 e. The zero-order chi connectivity index (χ0) is 14.5. The van der Waals surface area contributed by atoms with Crippen LogP contribution in [0.1, 0.15) is 19.4 Å². The van der Waals surface area contributed by atoms with Crippen molar-refractivity contribution >= 4 is 11.7 Å². The van der Waals surface area contributed by atoms with Crippen molar-refractivity contribution in [3.05, 3.63) is 29.8 Å². The van der Waals surface area contributed by atoms with Gasteiger partial charge in [-0.15, -0.1) is 0 Å². The highest BCUT2D eigenvalue weighted by atomic mass is 16.5. The summed E-state index contributed by atoms with van der Waals surface area (Å²) in [5, 5.41) is 3.27. The van der Waals surface area contributed by atoms with Crippen molar-refractivity contribution in [2.45, 2.75) is 26.3 Å². The van der Waals surface area contributed by atoms with Crippen molar-refractivity contribution in [2.24, 2.45) is 5.92 Å². The number of ether oxygens (including phenoxy) is 2. The van der Waals surface area contributed by atoms with E-state index in [0.29, 0.717) is 0 Å². The molecule has 1 aromatic carbocycles. The van der Waals surface area contributed by atoms with Crippen molar-refractivity contribution in [1.82, 2.24) is 0 Å². The predicted octanol–water partition coefficient (Wildman–Crippen LogP) is 2.62. The Kier molecular flexibility index (Phi) is 5.36. The summed E-state index contributed by atoms with van der Waals surface area (Å²) in [5.41, 5.74) is 1.17. The van der Waals surface area contributed by atoms with Gasteiger partial charge in [-0.2, -0.15) is 0 Å². The van der Waals surface area contributed by atoms with Gasteiger partial charge in [-0.3, -0.25) is 0 Å². The van der Waals surface area contributed by atoms with Gasteiger partial charge >= 0.3 is 5.97 Å². The molecule has 0 bridgehead atoms. The largest absolute Gasteiger partial charge is 0.467 e. The summed E-state index contributed by atoms with van der Waals surface area (Å²) in [7, 11) is 2.98. The number of benzene rings is 1. The summed E-state index contributed by atoms with van der Waals surface area (Å²) in [5.74, 6) is -0.286. The summed E-state index contributed by atoms with van der Waals surface area (Å²) < 4.78 is 10.2. The molecule has 1 atom stereocenters. The minimum atomic E-state index is -0.876. The molecule has 0 aromatic heterocycles. The van der Waals surface area contributed by atoms with Gasteiger partial charge in [-0.05, 0) is 25.0 Å². The van der Waals surface area contributed by atoms with E-state index in [2.05, 4.69) is 5.32 Å². The van der Waals surface area contributed by atoms with Gasteiger partial charge in [-0.25, -0.2) is 4.79 Å². The molecule has 4 heteroatoms.